The molecule has 4 rings (SSSR count). The number of benzene rings is 3. The van der Waals surface area contributed by atoms with Crippen LogP contribution < -0.4 is 5.32 Å². The molecular formula is C29H33NO8S. The largest absolute Gasteiger partial charge is 0.388 e. The van der Waals surface area contributed by atoms with Crippen molar-refractivity contribution in [3.05, 3.63) is 102 Å². The van der Waals surface area contributed by atoms with Crippen molar-refractivity contribution in [3.8, 4) is 0 Å². The van der Waals surface area contributed by atoms with Crippen LogP contribution in [0, 0.1) is 6.92 Å². The zero-order valence-electron chi connectivity index (χ0n) is 21.8. The lowest BCUT2D eigenvalue weighted by Crippen LogP contribution is -2.65. The standard InChI is InChI=1S/C29H33NO8S/c1-20-13-15-24(16-14-20)39(33,34)37-19-25-27(32)28(35-17-22-9-5-3-6-10-22)26(30-21(2)31)29(38-25)36-18-23-11-7-4-8-12-23/h3-16,25-29,32H,17-19H2,1-2H3,(H,30,31)/t25-,26-,27-,28-,29+/m1/s1. The number of aliphatic hydroxyl groups is 1. The number of nitrogens with one attached hydrogen (secondary N) is 1. The summed E-state index contributed by atoms with van der Waals surface area (Å²) in [5.74, 6) is -0.367. The Bertz CT molecular complexity index is 1300. The van der Waals surface area contributed by atoms with Crippen LogP contribution in [0.4, 0.5) is 0 Å². The Kier molecular flexibility index (Phi) is 9.84. The maximum atomic E-state index is 12.8. The predicted molar refractivity (Wildman–Crippen MR) is 143 cm³/mol. The van der Waals surface area contributed by atoms with E-state index < -0.39 is 47.4 Å². The van der Waals surface area contributed by atoms with Gasteiger partial charge in [0.1, 0.15) is 24.4 Å². The predicted octanol–water partition coefficient (Wildman–Crippen LogP) is 3.09. The highest BCUT2D eigenvalue weighted by molar-refractivity contribution is 7.86. The Balaban J connectivity index is 1.55. The van der Waals surface area contributed by atoms with Gasteiger partial charge in [-0.15, -0.1) is 0 Å². The van der Waals surface area contributed by atoms with Crippen LogP contribution in [0.25, 0.3) is 0 Å². The molecule has 1 amide bonds. The Morgan fingerprint density at radius 3 is 2.03 bits per heavy atom. The van der Waals surface area contributed by atoms with Crippen LogP contribution >= 0.6 is 0 Å². The summed E-state index contributed by atoms with van der Waals surface area (Å²) in [6.07, 6.45) is -4.51. The van der Waals surface area contributed by atoms with Gasteiger partial charge in [-0.05, 0) is 30.2 Å². The van der Waals surface area contributed by atoms with Gasteiger partial charge in [0.05, 0.1) is 24.7 Å². The molecule has 39 heavy (non-hydrogen) atoms. The Morgan fingerprint density at radius 2 is 1.46 bits per heavy atom. The maximum absolute atomic E-state index is 12.8. The van der Waals surface area contributed by atoms with Crippen LogP contribution in [-0.2, 0) is 46.5 Å². The van der Waals surface area contributed by atoms with Gasteiger partial charge in [0.15, 0.2) is 6.29 Å². The monoisotopic (exact) mass is 555 g/mol. The molecule has 0 radical (unpaired) electrons. The van der Waals surface area contributed by atoms with Crippen LogP contribution in [0.3, 0.4) is 0 Å². The highest BCUT2D eigenvalue weighted by Gasteiger charge is 2.47. The highest BCUT2D eigenvalue weighted by Crippen LogP contribution is 2.27. The molecule has 1 fully saturated rings. The first-order valence-corrected chi connectivity index (χ1v) is 14.0. The molecule has 9 nitrogen and oxygen atoms in total. The first kappa shape index (κ1) is 28.9. The molecule has 1 heterocycles. The minimum Gasteiger partial charge on any atom is -0.388 e. The van der Waals surface area contributed by atoms with Crippen LogP contribution in [0.2, 0.25) is 0 Å². The average molecular weight is 556 g/mol. The number of ether oxygens (including phenoxy) is 3. The van der Waals surface area contributed by atoms with Crippen molar-refractivity contribution in [1.82, 2.24) is 5.32 Å². The van der Waals surface area contributed by atoms with E-state index in [-0.39, 0.29) is 24.0 Å². The summed E-state index contributed by atoms with van der Waals surface area (Å²) in [5.41, 5.74) is 2.63. The third-order valence-electron chi connectivity index (χ3n) is 6.28. The molecule has 0 aliphatic carbocycles. The number of carbonyl (C=O) groups is 1. The number of hydrogen-bond acceptors (Lipinski definition) is 8. The molecule has 0 unspecified atom stereocenters. The lowest BCUT2D eigenvalue weighted by molar-refractivity contribution is -0.280. The quantitative estimate of drug-likeness (QED) is 0.347. The van der Waals surface area contributed by atoms with E-state index in [9.17, 15) is 18.3 Å². The molecule has 1 saturated heterocycles. The molecule has 3 aromatic carbocycles. The molecule has 1 aliphatic rings. The van der Waals surface area contributed by atoms with Crippen molar-refractivity contribution in [2.24, 2.45) is 0 Å². The lowest BCUT2D eigenvalue weighted by Gasteiger charge is -2.44. The molecule has 208 valence electrons. The van der Waals surface area contributed by atoms with Gasteiger partial charge in [0.25, 0.3) is 10.1 Å². The van der Waals surface area contributed by atoms with Gasteiger partial charge in [-0.2, -0.15) is 8.42 Å². The van der Waals surface area contributed by atoms with Gasteiger partial charge >= 0.3 is 0 Å². The van der Waals surface area contributed by atoms with Gasteiger partial charge < -0.3 is 24.6 Å². The first-order chi connectivity index (χ1) is 18.7. The van der Waals surface area contributed by atoms with E-state index in [1.165, 1.54) is 19.1 Å². The SMILES string of the molecule is CC(=O)N[C@H]1[C@@H](OCc2ccccc2)O[C@H](COS(=O)(=O)c2ccc(C)cc2)[C@@H](O)[C@@H]1OCc1ccccc1. The second-order valence-corrected chi connectivity index (χ2v) is 11.0. The van der Waals surface area contributed by atoms with E-state index in [1.54, 1.807) is 12.1 Å². The summed E-state index contributed by atoms with van der Waals surface area (Å²) in [6, 6.07) is 24.1. The number of carbonyl (C=O) groups excluding carboxylic acids is 1. The molecule has 0 aromatic heterocycles. The second kappa shape index (κ2) is 13.3. The van der Waals surface area contributed by atoms with E-state index >= 15 is 0 Å². The molecule has 3 aromatic rings. The third-order valence-corrected chi connectivity index (χ3v) is 7.58. The van der Waals surface area contributed by atoms with Gasteiger partial charge in [-0.3, -0.25) is 8.98 Å². The fourth-order valence-electron chi connectivity index (χ4n) is 4.23. The van der Waals surface area contributed by atoms with Crippen molar-refractivity contribution in [1.29, 1.82) is 0 Å². The number of amides is 1. The molecule has 0 saturated carbocycles. The zero-order valence-corrected chi connectivity index (χ0v) is 22.6. The van der Waals surface area contributed by atoms with Crippen LogP contribution in [0.15, 0.2) is 89.8 Å². The topological polar surface area (TPSA) is 120 Å². The zero-order chi connectivity index (χ0) is 27.8. The van der Waals surface area contributed by atoms with Gasteiger partial charge in [0, 0.05) is 6.92 Å². The highest BCUT2D eigenvalue weighted by atomic mass is 32.2. The molecule has 0 bridgehead atoms. The molecule has 2 N–H and O–H groups in total. The minimum absolute atomic E-state index is 0.0109. The summed E-state index contributed by atoms with van der Waals surface area (Å²) < 4.78 is 49.1. The number of aliphatic hydroxyl groups excluding tert-OH is 1. The third kappa shape index (κ3) is 7.95. The second-order valence-electron chi connectivity index (χ2n) is 9.37. The molecule has 0 spiro atoms. The van der Waals surface area contributed by atoms with Gasteiger partial charge in [-0.25, -0.2) is 0 Å². The van der Waals surface area contributed by atoms with E-state index in [2.05, 4.69) is 5.32 Å². The number of rotatable bonds is 11. The van der Waals surface area contributed by atoms with Gasteiger partial charge in [0.2, 0.25) is 5.91 Å². The van der Waals surface area contributed by atoms with Crippen molar-refractivity contribution in [3.63, 3.8) is 0 Å². The lowest BCUT2D eigenvalue weighted by atomic mass is 9.96. The van der Waals surface area contributed by atoms with E-state index in [1.807, 2.05) is 67.6 Å². The molecule has 10 heteroatoms. The van der Waals surface area contributed by atoms with Crippen molar-refractivity contribution < 1.29 is 36.7 Å². The van der Waals surface area contributed by atoms with Crippen molar-refractivity contribution >= 4 is 16.0 Å². The molecule has 1 aliphatic heterocycles. The number of aryl methyl sites for hydroxylation is 1. The fraction of sp³-hybridized carbons (Fsp3) is 0.345. The Labute approximate surface area is 228 Å². The Hall–Kier alpha value is -3.12. The summed E-state index contributed by atoms with van der Waals surface area (Å²) in [7, 11) is -4.12. The van der Waals surface area contributed by atoms with Crippen molar-refractivity contribution in [2.75, 3.05) is 6.61 Å². The minimum atomic E-state index is -4.12. The van der Waals surface area contributed by atoms with E-state index in [4.69, 9.17) is 18.4 Å². The van der Waals surface area contributed by atoms with Gasteiger partial charge in [-0.1, -0.05) is 78.4 Å². The number of hydrogen-bond donors (Lipinski definition) is 2. The van der Waals surface area contributed by atoms with Crippen molar-refractivity contribution in [2.45, 2.75) is 62.6 Å². The average Bonchev–Trinajstić information content (AvgIpc) is 2.93. The fourth-order valence-corrected chi connectivity index (χ4v) is 5.15. The molecule has 5 atom stereocenters. The van der Waals surface area contributed by atoms with E-state index in [0.29, 0.717) is 0 Å². The molecular weight excluding hydrogens is 522 g/mol. The summed E-state index contributed by atoms with van der Waals surface area (Å²) in [6.45, 7) is 3.00. The summed E-state index contributed by atoms with van der Waals surface area (Å²) in [5, 5.41) is 14.0. The first-order valence-electron chi connectivity index (χ1n) is 12.6. The van der Waals surface area contributed by atoms with E-state index in [0.717, 1.165) is 16.7 Å². The Morgan fingerprint density at radius 1 is 0.897 bits per heavy atom. The normalized spacial score (nSPS) is 23.3. The van der Waals surface area contributed by atoms with Crippen LogP contribution in [-0.4, -0.2) is 56.7 Å². The van der Waals surface area contributed by atoms with Crippen LogP contribution in [0.1, 0.15) is 23.6 Å². The smallest absolute Gasteiger partial charge is 0.297 e. The van der Waals surface area contributed by atoms with Crippen LogP contribution in [0.5, 0.6) is 0 Å². The maximum Gasteiger partial charge on any atom is 0.297 e. The summed E-state index contributed by atoms with van der Waals surface area (Å²) >= 11 is 0. The summed E-state index contributed by atoms with van der Waals surface area (Å²) in [4.78, 5) is 12.1.